The minimum Gasteiger partial charge on any atom is -0.493 e. The summed E-state index contributed by atoms with van der Waals surface area (Å²) in [6.07, 6.45) is 0.339. The van der Waals surface area contributed by atoms with Crippen LogP contribution in [0.5, 0.6) is 11.5 Å². The third-order valence-electron chi connectivity index (χ3n) is 4.27. The molecule has 0 atom stereocenters. The van der Waals surface area contributed by atoms with Crippen molar-refractivity contribution < 1.29 is 14.3 Å². The molecule has 0 bridgehead atoms. The van der Waals surface area contributed by atoms with Crippen LogP contribution in [0.1, 0.15) is 18.9 Å². The number of nitrogens with one attached hydrogen (secondary N) is 2. The number of carbonyl (C=O) groups excluding carboxylic acids is 1. The summed E-state index contributed by atoms with van der Waals surface area (Å²) in [6.45, 7) is 3.68. The van der Waals surface area contributed by atoms with Gasteiger partial charge >= 0.3 is 0 Å². The van der Waals surface area contributed by atoms with Crippen LogP contribution in [-0.4, -0.2) is 51.1 Å². The summed E-state index contributed by atoms with van der Waals surface area (Å²) < 4.78 is 10.6. The quantitative estimate of drug-likeness (QED) is 0.501. The topological polar surface area (TPSA) is 75.2 Å². The zero-order chi connectivity index (χ0) is 21.1. The molecule has 2 rings (SSSR count). The number of carbonyl (C=O) groups is 1. The number of amides is 1. The minimum atomic E-state index is 0.0552. The third kappa shape index (κ3) is 7.03. The Morgan fingerprint density at radius 2 is 1.79 bits per heavy atom. The van der Waals surface area contributed by atoms with Gasteiger partial charge in [-0.1, -0.05) is 30.3 Å². The molecule has 2 aromatic carbocycles. The second kappa shape index (κ2) is 11.6. The van der Waals surface area contributed by atoms with Gasteiger partial charge in [-0.05, 0) is 24.6 Å². The number of methoxy groups -OCH3 is 2. The maximum absolute atomic E-state index is 12.4. The van der Waals surface area contributed by atoms with E-state index in [9.17, 15) is 4.79 Å². The molecule has 0 radical (unpaired) electrons. The molecule has 0 aliphatic heterocycles. The van der Waals surface area contributed by atoms with Gasteiger partial charge in [0.25, 0.3) is 0 Å². The molecule has 0 aromatic heterocycles. The predicted molar refractivity (Wildman–Crippen MR) is 117 cm³/mol. The monoisotopic (exact) mass is 398 g/mol. The van der Waals surface area contributed by atoms with Gasteiger partial charge in [0.1, 0.15) is 0 Å². The molecule has 0 saturated heterocycles. The second-order valence-corrected chi connectivity index (χ2v) is 6.44. The average Bonchev–Trinajstić information content (AvgIpc) is 2.74. The molecule has 29 heavy (non-hydrogen) atoms. The van der Waals surface area contributed by atoms with E-state index in [1.807, 2.05) is 62.5 Å². The first-order chi connectivity index (χ1) is 14.1. The first kappa shape index (κ1) is 22.1. The van der Waals surface area contributed by atoms with Crippen LogP contribution < -0.4 is 20.1 Å². The molecule has 0 aliphatic rings. The Morgan fingerprint density at radius 1 is 1.07 bits per heavy atom. The van der Waals surface area contributed by atoms with Crippen molar-refractivity contribution in [2.75, 3.05) is 39.7 Å². The van der Waals surface area contributed by atoms with E-state index in [0.29, 0.717) is 43.5 Å². The predicted octanol–water partition coefficient (Wildman–Crippen LogP) is 3.13. The van der Waals surface area contributed by atoms with E-state index < -0.39 is 0 Å². The molecule has 0 aliphatic carbocycles. The number of hydrogen-bond donors (Lipinski definition) is 2. The summed E-state index contributed by atoms with van der Waals surface area (Å²) in [7, 11) is 5.01. The van der Waals surface area contributed by atoms with Gasteiger partial charge in [-0.15, -0.1) is 0 Å². The van der Waals surface area contributed by atoms with Crippen LogP contribution in [0.15, 0.2) is 53.5 Å². The Morgan fingerprint density at radius 3 is 2.45 bits per heavy atom. The number of aliphatic imine (C=N–C) groups is 1. The lowest BCUT2D eigenvalue weighted by atomic mass is 10.2. The highest BCUT2D eigenvalue weighted by molar-refractivity contribution is 5.94. The van der Waals surface area contributed by atoms with Crippen molar-refractivity contribution in [3.63, 3.8) is 0 Å². The molecule has 0 fully saturated rings. The van der Waals surface area contributed by atoms with Gasteiger partial charge in [0.2, 0.25) is 5.91 Å². The second-order valence-electron chi connectivity index (χ2n) is 6.44. The van der Waals surface area contributed by atoms with Gasteiger partial charge in [-0.2, -0.15) is 0 Å². The largest absolute Gasteiger partial charge is 0.493 e. The molecule has 7 heteroatoms. The van der Waals surface area contributed by atoms with E-state index in [4.69, 9.17) is 9.47 Å². The Labute approximate surface area is 172 Å². The molecule has 1 amide bonds. The van der Waals surface area contributed by atoms with Crippen LogP contribution in [0.2, 0.25) is 0 Å². The number of hydrogen-bond acceptors (Lipinski definition) is 4. The average molecular weight is 399 g/mol. The summed E-state index contributed by atoms with van der Waals surface area (Å²) in [6, 6.07) is 15.5. The highest BCUT2D eigenvalue weighted by Crippen LogP contribution is 2.29. The normalized spacial score (nSPS) is 11.0. The first-order valence-electron chi connectivity index (χ1n) is 9.62. The summed E-state index contributed by atoms with van der Waals surface area (Å²) in [5, 5.41) is 6.41. The fourth-order valence-corrected chi connectivity index (χ4v) is 2.76. The van der Waals surface area contributed by atoms with Crippen LogP contribution in [0.25, 0.3) is 0 Å². The van der Waals surface area contributed by atoms with Gasteiger partial charge in [-0.25, -0.2) is 0 Å². The van der Waals surface area contributed by atoms with Gasteiger partial charge in [0.05, 0.1) is 20.8 Å². The number of anilines is 1. The van der Waals surface area contributed by atoms with E-state index in [0.717, 1.165) is 11.3 Å². The van der Waals surface area contributed by atoms with Crippen molar-refractivity contribution in [1.82, 2.24) is 10.2 Å². The maximum Gasteiger partial charge on any atom is 0.224 e. The smallest absolute Gasteiger partial charge is 0.224 e. The van der Waals surface area contributed by atoms with E-state index in [-0.39, 0.29) is 5.91 Å². The van der Waals surface area contributed by atoms with Crippen LogP contribution in [0, 0.1) is 0 Å². The van der Waals surface area contributed by atoms with E-state index in [1.54, 1.807) is 19.1 Å². The molecule has 0 saturated carbocycles. The SMILES string of the molecule is CCNC(=NCCC(=O)N(C)Cc1ccccc1)Nc1ccc(OC)c(OC)c1. The number of rotatable bonds is 9. The van der Waals surface area contributed by atoms with Crippen molar-refractivity contribution >= 4 is 17.6 Å². The lowest BCUT2D eigenvalue weighted by molar-refractivity contribution is -0.130. The summed E-state index contributed by atoms with van der Waals surface area (Å²) in [4.78, 5) is 18.6. The zero-order valence-corrected chi connectivity index (χ0v) is 17.6. The van der Waals surface area contributed by atoms with Crippen LogP contribution >= 0.6 is 0 Å². The van der Waals surface area contributed by atoms with Crippen LogP contribution in [0.3, 0.4) is 0 Å². The zero-order valence-electron chi connectivity index (χ0n) is 17.6. The molecule has 156 valence electrons. The van der Waals surface area contributed by atoms with E-state index in [2.05, 4.69) is 15.6 Å². The fraction of sp³-hybridized carbons (Fsp3) is 0.364. The molecular formula is C22H30N4O3. The highest BCUT2D eigenvalue weighted by atomic mass is 16.5. The van der Waals surface area contributed by atoms with Gasteiger partial charge < -0.3 is 25.0 Å². The summed E-state index contributed by atoms with van der Waals surface area (Å²) in [5.74, 6) is 1.95. The van der Waals surface area contributed by atoms with Crippen molar-refractivity contribution in [1.29, 1.82) is 0 Å². The number of nitrogens with zero attached hydrogens (tertiary/aromatic N) is 2. The fourth-order valence-electron chi connectivity index (χ4n) is 2.76. The van der Waals surface area contributed by atoms with Crippen LogP contribution in [-0.2, 0) is 11.3 Å². The standard InChI is InChI=1S/C22H30N4O3/c1-5-23-22(25-18-11-12-19(28-3)20(15-18)29-4)24-14-13-21(27)26(2)16-17-9-7-6-8-10-17/h6-12,15H,5,13-14,16H2,1-4H3,(H2,23,24,25). The van der Waals surface area contributed by atoms with Crippen molar-refractivity contribution in [3.8, 4) is 11.5 Å². The Kier molecular flexibility index (Phi) is 8.82. The number of benzene rings is 2. The van der Waals surface area contributed by atoms with Crippen molar-refractivity contribution in [2.45, 2.75) is 19.9 Å². The van der Waals surface area contributed by atoms with Gasteiger partial charge in [0, 0.05) is 38.3 Å². The van der Waals surface area contributed by atoms with Gasteiger partial charge in [0.15, 0.2) is 17.5 Å². The summed E-state index contributed by atoms with van der Waals surface area (Å²) in [5.41, 5.74) is 1.92. The highest BCUT2D eigenvalue weighted by Gasteiger charge is 2.10. The van der Waals surface area contributed by atoms with Crippen molar-refractivity contribution in [2.24, 2.45) is 4.99 Å². The molecule has 2 N–H and O–H groups in total. The molecule has 0 spiro atoms. The van der Waals surface area contributed by atoms with Gasteiger partial charge in [-0.3, -0.25) is 9.79 Å². The minimum absolute atomic E-state index is 0.0552. The Hall–Kier alpha value is -3.22. The van der Waals surface area contributed by atoms with Crippen LogP contribution in [0.4, 0.5) is 5.69 Å². The Balaban J connectivity index is 1.93. The Bertz CT molecular complexity index is 809. The molecule has 0 unspecified atom stereocenters. The first-order valence-corrected chi connectivity index (χ1v) is 9.62. The lowest BCUT2D eigenvalue weighted by Gasteiger charge is -2.17. The van der Waals surface area contributed by atoms with E-state index in [1.165, 1.54) is 0 Å². The summed E-state index contributed by atoms with van der Waals surface area (Å²) >= 11 is 0. The third-order valence-corrected chi connectivity index (χ3v) is 4.27. The number of ether oxygens (including phenoxy) is 2. The lowest BCUT2D eigenvalue weighted by Crippen LogP contribution is -2.31. The number of guanidine groups is 1. The molecule has 7 nitrogen and oxygen atoms in total. The van der Waals surface area contributed by atoms with Crippen molar-refractivity contribution in [3.05, 3.63) is 54.1 Å². The van der Waals surface area contributed by atoms with E-state index >= 15 is 0 Å². The molecule has 0 heterocycles. The molecular weight excluding hydrogens is 368 g/mol. The maximum atomic E-state index is 12.4. The molecule has 2 aromatic rings.